The molecule has 2 saturated carbocycles. The van der Waals surface area contributed by atoms with Crippen LogP contribution in [0.15, 0.2) is 59.5 Å². The molecule has 2 aromatic carbocycles. The number of hydrogen-bond donors (Lipinski definition) is 3. The van der Waals surface area contributed by atoms with Crippen LogP contribution in [0, 0.1) is 17.8 Å². The van der Waals surface area contributed by atoms with Crippen molar-refractivity contribution in [2.75, 3.05) is 39.3 Å². The Balaban J connectivity index is 1.15. The Bertz CT molecular complexity index is 1930. The molecule has 4 aliphatic rings. The predicted molar refractivity (Wildman–Crippen MR) is 230 cm³/mol. The fourth-order valence-corrected chi connectivity index (χ4v) is 10.3. The number of rotatable bonds is 20. The average molecular weight is 847 g/mol. The van der Waals surface area contributed by atoms with Gasteiger partial charge in [0.2, 0.25) is 33.7 Å². The first-order valence-corrected chi connectivity index (χ1v) is 24.0. The standard InChI is InChI=1S/C46H66N6O7S/c1-4-6-8-10-14-22-42(53)52-25-17-24-51(31-41(52)45(56)47-23-15-9-7-5-2)60(58,59)35-21-16-20-34(27-35)46(57)50-29-37(43(54)48-39-26-32(39)3)38(30-50)44(55)49-40-28-36(40)33-18-12-11-13-19-33/h11-13,16,18-21,27,32,36-41H,4-10,14-15,17,22-26,28-31H2,1-3H3,(H,47,56)(H,48,54)(H,49,55)/t32-,36+,37+,38+,39-,40-,41+/m0/s1. The molecule has 0 aromatic heterocycles. The molecule has 2 aliphatic heterocycles. The molecular formula is C46H66N6O7S. The number of carbonyl (C=O) groups is 5. The summed E-state index contributed by atoms with van der Waals surface area (Å²) in [7, 11) is -4.22. The summed E-state index contributed by atoms with van der Waals surface area (Å²) in [4.78, 5) is 71.9. The fourth-order valence-electron chi connectivity index (χ4n) is 8.75. The molecule has 6 rings (SSSR count). The van der Waals surface area contributed by atoms with Gasteiger partial charge in [0.1, 0.15) is 6.04 Å². The lowest BCUT2D eigenvalue weighted by molar-refractivity contribution is -0.140. The molecule has 328 valence electrons. The number of unbranched alkanes of at least 4 members (excludes halogenated alkanes) is 7. The molecule has 14 heteroatoms. The third-order valence-corrected chi connectivity index (χ3v) is 14.6. The summed E-state index contributed by atoms with van der Waals surface area (Å²) in [5.74, 6) is -2.46. The van der Waals surface area contributed by atoms with E-state index >= 15 is 0 Å². The van der Waals surface area contributed by atoms with E-state index in [0.29, 0.717) is 31.7 Å². The number of hydrogen-bond acceptors (Lipinski definition) is 7. The molecule has 4 fully saturated rings. The Morgan fingerprint density at radius 2 is 1.37 bits per heavy atom. The number of nitrogens with one attached hydrogen (secondary N) is 3. The first-order chi connectivity index (χ1) is 28.9. The first kappa shape index (κ1) is 45.2. The number of benzene rings is 2. The third kappa shape index (κ3) is 11.5. The topological polar surface area (TPSA) is 165 Å². The Morgan fingerprint density at radius 3 is 2.03 bits per heavy atom. The van der Waals surface area contributed by atoms with Gasteiger partial charge in [0.15, 0.2) is 0 Å². The molecule has 3 N–H and O–H groups in total. The number of nitrogens with zero attached hydrogens (tertiary/aromatic N) is 3. The van der Waals surface area contributed by atoms with Crippen molar-refractivity contribution in [1.29, 1.82) is 0 Å². The summed E-state index contributed by atoms with van der Waals surface area (Å²) in [5.41, 5.74) is 1.27. The largest absolute Gasteiger partial charge is 0.354 e. The lowest BCUT2D eigenvalue weighted by Gasteiger charge is -2.31. The lowest BCUT2D eigenvalue weighted by Crippen LogP contribution is -2.53. The van der Waals surface area contributed by atoms with Crippen molar-refractivity contribution in [3.63, 3.8) is 0 Å². The van der Waals surface area contributed by atoms with Gasteiger partial charge in [0.05, 0.1) is 16.7 Å². The Kier molecular flexibility index (Phi) is 15.8. The van der Waals surface area contributed by atoms with Gasteiger partial charge >= 0.3 is 0 Å². The Morgan fingerprint density at radius 1 is 0.717 bits per heavy atom. The molecule has 60 heavy (non-hydrogen) atoms. The second kappa shape index (κ2) is 21.0. The van der Waals surface area contributed by atoms with Crippen molar-refractivity contribution in [1.82, 2.24) is 30.1 Å². The molecule has 2 saturated heterocycles. The fraction of sp³-hybridized carbons (Fsp3) is 0.630. The summed E-state index contributed by atoms with van der Waals surface area (Å²) >= 11 is 0. The minimum absolute atomic E-state index is 0.0203. The maximum atomic E-state index is 14.4. The van der Waals surface area contributed by atoms with Crippen LogP contribution in [0.1, 0.15) is 126 Å². The monoisotopic (exact) mass is 846 g/mol. The average Bonchev–Trinajstić information content (AvgIpc) is 4.15. The summed E-state index contributed by atoms with van der Waals surface area (Å²) in [5, 5.41) is 9.18. The Hall–Kier alpha value is -4.30. The van der Waals surface area contributed by atoms with Gasteiger partial charge in [-0.25, -0.2) is 8.42 Å². The minimum atomic E-state index is -4.22. The highest BCUT2D eigenvalue weighted by molar-refractivity contribution is 7.89. The molecule has 0 unspecified atom stereocenters. The van der Waals surface area contributed by atoms with E-state index in [9.17, 15) is 32.4 Å². The maximum Gasteiger partial charge on any atom is 0.253 e. The van der Waals surface area contributed by atoms with Crippen molar-refractivity contribution in [2.45, 2.75) is 133 Å². The van der Waals surface area contributed by atoms with Gasteiger partial charge in [0.25, 0.3) is 5.91 Å². The number of carbonyl (C=O) groups excluding carboxylic acids is 5. The summed E-state index contributed by atoms with van der Waals surface area (Å²) in [6.07, 6.45) is 11.1. The summed E-state index contributed by atoms with van der Waals surface area (Å²) in [6, 6.07) is 14.8. The highest BCUT2D eigenvalue weighted by atomic mass is 32.2. The van der Waals surface area contributed by atoms with Gasteiger partial charge < -0.3 is 25.8 Å². The number of likely N-dealkylation sites (tertiary alicyclic amines) is 1. The SMILES string of the molecule is CCCCCCCC(=O)N1CCCN(S(=O)(=O)c2cccc(C(=O)N3C[C@@H](C(=O)N[C@H]4C[C@@H]4c4ccccc4)[C@H](C(=O)N[C@H]4C[C@@H]4C)C3)c2)C[C@@H]1C(=O)NCCCCCC. The van der Waals surface area contributed by atoms with Gasteiger partial charge in [-0.05, 0) is 61.8 Å². The van der Waals surface area contributed by atoms with Crippen LogP contribution >= 0.6 is 0 Å². The van der Waals surface area contributed by atoms with Crippen molar-refractivity contribution in [3.05, 3.63) is 65.7 Å². The van der Waals surface area contributed by atoms with E-state index in [1.165, 1.54) is 27.4 Å². The smallest absolute Gasteiger partial charge is 0.253 e. The highest BCUT2D eigenvalue weighted by Crippen LogP contribution is 2.41. The van der Waals surface area contributed by atoms with Crippen molar-refractivity contribution in [3.8, 4) is 0 Å². The normalized spacial score (nSPS) is 25.3. The van der Waals surface area contributed by atoms with Crippen molar-refractivity contribution in [2.24, 2.45) is 17.8 Å². The molecule has 0 bridgehead atoms. The van der Waals surface area contributed by atoms with Crippen LogP contribution in [0.4, 0.5) is 0 Å². The lowest BCUT2D eigenvalue weighted by atomic mass is 9.94. The van der Waals surface area contributed by atoms with Gasteiger partial charge in [-0.2, -0.15) is 4.31 Å². The van der Waals surface area contributed by atoms with Gasteiger partial charge in [0, 0.05) is 69.3 Å². The van der Waals surface area contributed by atoms with E-state index < -0.39 is 33.8 Å². The van der Waals surface area contributed by atoms with E-state index in [1.807, 2.05) is 30.3 Å². The van der Waals surface area contributed by atoms with Crippen LogP contribution in [0.2, 0.25) is 0 Å². The van der Waals surface area contributed by atoms with Crippen LogP contribution in [0.3, 0.4) is 0 Å². The zero-order valence-electron chi connectivity index (χ0n) is 35.8. The van der Waals surface area contributed by atoms with Crippen molar-refractivity contribution < 1.29 is 32.4 Å². The molecular weight excluding hydrogens is 781 g/mol. The highest BCUT2D eigenvalue weighted by Gasteiger charge is 2.48. The maximum absolute atomic E-state index is 14.4. The Labute approximate surface area is 356 Å². The molecule has 2 heterocycles. The van der Waals surface area contributed by atoms with Crippen LogP contribution in [-0.2, 0) is 29.2 Å². The van der Waals surface area contributed by atoms with Crippen LogP contribution < -0.4 is 16.0 Å². The third-order valence-electron chi connectivity index (χ3n) is 12.8. The minimum Gasteiger partial charge on any atom is -0.354 e. The van der Waals surface area contributed by atoms with Crippen LogP contribution in [0.5, 0.6) is 0 Å². The zero-order valence-corrected chi connectivity index (χ0v) is 36.6. The number of sulfonamides is 1. The van der Waals surface area contributed by atoms with E-state index in [-0.39, 0.29) is 84.8 Å². The molecule has 13 nitrogen and oxygen atoms in total. The van der Waals surface area contributed by atoms with Crippen LogP contribution in [0.25, 0.3) is 0 Å². The summed E-state index contributed by atoms with van der Waals surface area (Å²) in [6.45, 7) is 6.96. The molecule has 0 spiro atoms. The molecule has 2 aromatic rings. The molecule has 5 amide bonds. The summed E-state index contributed by atoms with van der Waals surface area (Å²) < 4.78 is 30.1. The quantitative estimate of drug-likeness (QED) is 0.154. The van der Waals surface area contributed by atoms with E-state index in [1.54, 1.807) is 11.0 Å². The van der Waals surface area contributed by atoms with Gasteiger partial charge in [-0.3, -0.25) is 24.0 Å². The second-order valence-electron chi connectivity index (χ2n) is 17.5. The second-order valence-corrected chi connectivity index (χ2v) is 19.4. The van der Waals surface area contributed by atoms with Gasteiger partial charge in [-0.15, -0.1) is 0 Å². The first-order valence-electron chi connectivity index (χ1n) is 22.5. The molecule has 0 radical (unpaired) electrons. The van der Waals surface area contributed by atoms with E-state index in [0.717, 1.165) is 69.8 Å². The van der Waals surface area contributed by atoms with E-state index in [2.05, 4.69) is 36.7 Å². The molecule has 7 atom stereocenters. The van der Waals surface area contributed by atoms with Gasteiger partial charge in [-0.1, -0.05) is 102 Å². The van der Waals surface area contributed by atoms with Crippen LogP contribution in [-0.4, -0.2) is 109 Å². The predicted octanol–water partition coefficient (Wildman–Crippen LogP) is 5.22. The van der Waals surface area contributed by atoms with Crippen molar-refractivity contribution >= 4 is 39.6 Å². The zero-order chi connectivity index (χ0) is 42.8. The van der Waals surface area contributed by atoms with E-state index in [4.69, 9.17) is 0 Å². The molecule has 2 aliphatic carbocycles. The number of amides is 5.